The average molecular weight is 544 g/mol. The summed E-state index contributed by atoms with van der Waals surface area (Å²) in [6, 6.07) is 12.4. The largest absolute Gasteiger partial charge is 0.497 e. The van der Waals surface area contributed by atoms with Crippen LogP contribution in [0.5, 0.6) is 5.75 Å². The van der Waals surface area contributed by atoms with Crippen molar-refractivity contribution in [1.82, 2.24) is 20.5 Å². The lowest BCUT2D eigenvalue weighted by atomic mass is 10.1. The number of hydrogen-bond acceptors (Lipinski definition) is 4. The molecule has 1 atom stereocenters. The van der Waals surface area contributed by atoms with E-state index in [1.807, 2.05) is 12.1 Å². The molecule has 2 heterocycles. The van der Waals surface area contributed by atoms with Gasteiger partial charge in [0.1, 0.15) is 10.9 Å². The minimum Gasteiger partial charge on any atom is -0.497 e. The van der Waals surface area contributed by atoms with E-state index < -0.39 is 0 Å². The molecule has 1 aliphatic rings. The fourth-order valence-corrected chi connectivity index (χ4v) is 3.68. The number of methoxy groups -OCH3 is 1. The van der Waals surface area contributed by atoms with Crippen molar-refractivity contribution in [3.63, 3.8) is 0 Å². The first kappa shape index (κ1) is 24.7. The van der Waals surface area contributed by atoms with Gasteiger partial charge < -0.3 is 15.4 Å². The first-order valence-corrected chi connectivity index (χ1v) is 10.6. The predicted molar refractivity (Wildman–Crippen MR) is 134 cm³/mol. The van der Waals surface area contributed by atoms with Crippen molar-refractivity contribution in [2.24, 2.45) is 4.99 Å². The molecule has 8 heteroatoms. The lowest BCUT2D eigenvalue weighted by Gasteiger charge is -2.29. The molecule has 2 N–H and O–H groups in total. The highest BCUT2D eigenvalue weighted by Crippen LogP contribution is 2.27. The van der Waals surface area contributed by atoms with Crippen molar-refractivity contribution in [3.8, 4) is 5.75 Å². The van der Waals surface area contributed by atoms with Crippen molar-refractivity contribution in [3.05, 3.63) is 58.9 Å². The maximum absolute atomic E-state index is 5.87. The molecule has 1 fully saturated rings. The number of nitrogens with zero attached hydrogens (tertiary/aromatic N) is 3. The second-order valence-electron chi connectivity index (χ2n) is 7.10. The van der Waals surface area contributed by atoms with E-state index in [4.69, 9.17) is 21.3 Å². The quantitative estimate of drug-likeness (QED) is 0.226. The Morgan fingerprint density at radius 3 is 2.70 bits per heavy atom. The van der Waals surface area contributed by atoms with Crippen molar-refractivity contribution in [1.29, 1.82) is 0 Å². The topological polar surface area (TPSA) is 61.8 Å². The van der Waals surface area contributed by atoms with Crippen LogP contribution in [-0.4, -0.2) is 49.1 Å². The summed E-state index contributed by atoms with van der Waals surface area (Å²) in [5.74, 6) is 1.69. The van der Waals surface area contributed by atoms with Gasteiger partial charge in [-0.2, -0.15) is 0 Å². The summed E-state index contributed by atoms with van der Waals surface area (Å²) in [6.45, 7) is 6.44. The van der Waals surface area contributed by atoms with Crippen molar-refractivity contribution in [2.75, 3.05) is 33.3 Å². The molecule has 30 heavy (non-hydrogen) atoms. The third-order valence-electron chi connectivity index (χ3n) is 5.08. The highest BCUT2D eigenvalue weighted by atomic mass is 127. The maximum atomic E-state index is 5.87. The van der Waals surface area contributed by atoms with E-state index in [-0.39, 0.29) is 30.0 Å². The van der Waals surface area contributed by atoms with Gasteiger partial charge in [-0.3, -0.25) is 4.90 Å². The number of halogens is 2. The van der Waals surface area contributed by atoms with Gasteiger partial charge in [0.05, 0.1) is 19.7 Å². The van der Waals surface area contributed by atoms with E-state index in [2.05, 4.69) is 45.6 Å². The third kappa shape index (κ3) is 7.28. The van der Waals surface area contributed by atoms with Crippen molar-refractivity contribution < 1.29 is 4.74 Å². The van der Waals surface area contributed by atoms with Crippen LogP contribution in [0.3, 0.4) is 0 Å². The number of pyridine rings is 1. The second-order valence-corrected chi connectivity index (χ2v) is 7.49. The predicted octanol–water partition coefficient (Wildman–Crippen LogP) is 4.25. The molecule has 1 saturated heterocycles. The average Bonchev–Trinajstić information content (AvgIpc) is 3.28. The number of nitrogens with one attached hydrogen (secondary N) is 2. The molecule has 0 aliphatic carbocycles. The standard InChI is InChI=1S/C22H30ClN5O.HI/c1-3-24-22(26-15-17-9-10-21(23)25-14-17)27-16-20(28-11-4-5-12-28)18-7-6-8-19(13-18)29-2;/h6-10,13-14,20H,3-5,11-12,15-16H2,1-2H3,(H2,24,26,27);1H. The zero-order valence-electron chi connectivity index (χ0n) is 17.6. The number of ether oxygens (including phenoxy) is 1. The first-order valence-electron chi connectivity index (χ1n) is 10.2. The minimum atomic E-state index is 0. The monoisotopic (exact) mass is 543 g/mol. The Hall–Kier alpha value is -1.58. The van der Waals surface area contributed by atoms with Crippen molar-refractivity contribution in [2.45, 2.75) is 32.4 Å². The van der Waals surface area contributed by atoms with Crippen LogP contribution in [0.4, 0.5) is 0 Å². The van der Waals surface area contributed by atoms with Gasteiger partial charge in [-0.25, -0.2) is 9.98 Å². The molecule has 164 valence electrons. The van der Waals surface area contributed by atoms with Crippen LogP contribution in [0.2, 0.25) is 5.15 Å². The number of guanidine groups is 1. The molecule has 0 spiro atoms. The fourth-order valence-electron chi connectivity index (χ4n) is 3.57. The Morgan fingerprint density at radius 1 is 1.23 bits per heavy atom. The fraction of sp³-hybridized carbons (Fsp3) is 0.455. The van der Waals surface area contributed by atoms with E-state index in [1.165, 1.54) is 18.4 Å². The Labute approximate surface area is 201 Å². The summed E-state index contributed by atoms with van der Waals surface area (Å²) in [7, 11) is 1.71. The lowest BCUT2D eigenvalue weighted by molar-refractivity contribution is 0.245. The summed E-state index contributed by atoms with van der Waals surface area (Å²) < 4.78 is 5.44. The van der Waals surface area contributed by atoms with Crippen LogP contribution in [0.25, 0.3) is 0 Å². The van der Waals surface area contributed by atoms with E-state index in [1.54, 1.807) is 19.4 Å². The normalized spacial score (nSPS) is 15.4. The molecular weight excluding hydrogens is 513 g/mol. The summed E-state index contributed by atoms with van der Waals surface area (Å²) in [5.41, 5.74) is 2.28. The highest BCUT2D eigenvalue weighted by molar-refractivity contribution is 14.0. The summed E-state index contributed by atoms with van der Waals surface area (Å²) in [4.78, 5) is 11.4. The molecule has 1 aromatic carbocycles. The Morgan fingerprint density at radius 2 is 2.03 bits per heavy atom. The van der Waals surface area contributed by atoms with Gasteiger partial charge in [0.2, 0.25) is 0 Å². The molecule has 0 bridgehead atoms. The van der Waals surface area contributed by atoms with Crippen LogP contribution in [0.15, 0.2) is 47.6 Å². The summed E-state index contributed by atoms with van der Waals surface area (Å²) >= 11 is 5.87. The second kappa shape index (κ2) is 13.0. The molecule has 3 rings (SSSR count). The smallest absolute Gasteiger partial charge is 0.191 e. The summed E-state index contributed by atoms with van der Waals surface area (Å²) in [6.07, 6.45) is 4.26. The molecule has 1 aliphatic heterocycles. The Kier molecular flexibility index (Phi) is 10.7. The van der Waals surface area contributed by atoms with Gasteiger partial charge in [-0.15, -0.1) is 24.0 Å². The van der Waals surface area contributed by atoms with E-state index in [0.717, 1.165) is 43.5 Å². The number of aliphatic imine (C=N–C) groups is 1. The number of rotatable bonds is 8. The molecule has 1 aromatic heterocycles. The molecule has 1 unspecified atom stereocenters. The third-order valence-corrected chi connectivity index (χ3v) is 5.30. The van der Waals surface area contributed by atoms with Crippen LogP contribution in [0, 0.1) is 0 Å². The molecule has 2 aromatic rings. The molecule has 0 amide bonds. The van der Waals surface area contributed by atoms with E-state index >= 15 is 0 Å². The van der Waals surface area contributed by atoms with E-state index in [0.29, 0.717) is 11.7 Å². The van der Waals surface area contributed by atoms with E-state index in [9.17, 15) is 0 Å². The maximum Gasteiger partial charge on any atom is 0.191 e. The van der Waals surface area contributed by atoms with Gasteiger partial charge in [0.15, 0.2) is 5.96 Å². The van der Waals surface area contributed by atoms with Gasteiger partial charge in [0.25, 0.3) is 0 Å². The Balaban J connectivity index is 0.00000320. The Bertz CT molecular complexity index is 796. The molecule has 6 nitrogen and oxygen atoms in total. The summed E-state index contributed by atoms with van der Waals surface area (Å²) in [5, 5.41) is 7.35. The van der Waals surface area contributed by atoms with Crippen molar-refractivity contribution >= 4 is 41.5 Å². The lowest BCUT2D eigenvalue weighted by Crippen LogP contribution is -2.42. The van der Waals surface area contributed by atoms with Gasteiger partial charge in [-0.1, -0.05) is 29.8 Å². The van der Waals surface area contributed by atoms with Gasteiger partial charge >= 0.3 is 0 Å². The number of benzene rings is 1. The molecular formula is C22H31ClIN5O. The molecule has 0 saturated carbocycles. The zero-order chi connectivity index (χ0) is 20.5. The first-order chi connectivity index (χ1) is 14.2. The minimum absolute atomic E-state index is 0. The number of hydrogen-bond donors (Lipinski definition) is 2. The molecule has 0 radical (unpaired) electrons. The SMILES string of the molecule is CCNC(=NCc1ccc(Cl)nc1)NCC(c1cccc(OC)c1)N1CCCC1.I. The van der Waals surface area contributed by atoms with Gasteiger partial charge in [-0.05, 0) is 62.2 Å². The van der Waals surface area contributed by atoms with Crippen LogP contribution in [0.1, 0.15) is 36.9 Å². The van der Waals surface area contributed by atoms with Crippen LogP contribution in [-0.2, 0) is 6.54 Å². The highest BCUT2D eigenvalue weighted by Gasteiger charge is 2.24. The van der Waals surface area contributed by atoms with Crippen LogP contribution >= 0.6 is 35.6 Å². The van der Waals surface area contributed by atoms with Crippen LogP contribution < -0.4 is 15.4 Å². The zero-order valence-corrected chi connectivity index (χ0v) is 20.7. The van der Waals surface area contributed by atoms with Gasteiger partial charge in [0, 0.05) is 19.3 Å². The number of aromatic nitrogens is 1. The number of likely N-dealkylation sites (tertiary alicyclic amines) is 1.